The normalized spacial score (nSPS) is 14.1. The van der Waals surface area contributed by atoms with E-state index in [0.29, 0.717) is 17.5 Å². The van der Waals surface area contributed by atoms with Crippen LogP contribution in [-0.2, 0) is 9.53 Å². The SMILES string of the molecule is COCC[C@H](C)N[C@@H](C(N)=O)c1ccc(Br)cc1F. The van der Waals surface area contributed by atoms with Crippen LogP contribution in [0.4, 0.5) is 4.39 Å². The Morgan fingerprint density at radius 3 is 2.79 bits per heavy atom. The molecule has 1 amide bonds. The monoisotopic (exact) mass is 332 g/mol. The molecule has 0 aromatic heterocycles. The first-order valence-electron chi connectivity index (χ1n) is 5.95. The fraction of sp³-hybridized carbons (Fsp3) is 0.462. The summed E-state index contributed by atoms with van der Waals surface area (Å²) in [6, 6.07) is 3.67. The van der Waals surface area contributed by atoms with Crippen LogP contribution in [0.15, 0.2) is 22.7 Å². The van der Waals surface area contributed by atoms with Crippen LogP contribution in [0.5, 0.6) is 0 Å². The molecule has 0 aliphatic carbocycles. The van der Waals surface area contributed by atoms with E-state index in [4.69, 9.17) is 10.5 Å². The van der Waals surface area contributed by atoms with E-state index in [1.807, 2.05) is 6.92 Å². The van der Waals surface area contributed by atoms with Gasteiger partial charge in [-0.3, -0.25) is 10.1 Å². The van der Waals surface area contributed by atoms with Gasteiger partial charge in [-0.25, -0.2) is 4.39 Å². The number of hydrogen-bond acceptors (Lipinski definition) is 3. The van der Waals surface area contributed by atoms with Crippen molar-refractivity contribution >= 4 is 21.8 Å². The molecule has 0 unspecified atom stereocenters. The number of hydrogen-bond donors (Lipinski definition) is 2. The van der Waals surface area contributed by atoms with E-state index in [0.717, 1.165) is 0 Å². The first-order valence-corrected chi connectivity index (χ1v) is 6.74. The van der Waals surface area contributed by atoms with Crippen LogP contribution in [0.1, 0.15) is 24.9 Å². The first-order chi connectivity index (χ1) is 8.95. The third-order valence-electron chi connectivity index (χ3n) is 2.76. The number of carbonyl (C=O) groups is 1. The third-order valence-corrected chi connectivity index (χ3v) is 3.26. The molecule has 106 valence electrons. The number of halogens is 2. The molecular weight excluding hydrogens is 315 g/mol. The molecule has 19 heavy (non-hydrogen) atoms. The van der Waals surface area contributed by atoms with Gasteiger partial charge in [-0.2, -0.15) is 0 Å². The summed E-state index contributed by atoms with van der Waals surface area (Å²) in [6.07, 6.45) is 0.707. The van der Waals surface area contributed by atoms with Gasteiger partial charge in [0.1, 0.15) is 11.9 Å². The Bertz CT molecular complexity index is 443. The van der Waals surface area contributed by atoms with Gasteiger partial charge in [0.15, 0.2) is 0 Å². The van der Waals surface area contributed by atoms with Gasteiger partial charge in [0.05, 0.1) is 0 Å². The molecule has 0 heterocycles. The second kappa shape index (κ2) is 7.57. The van der Waals surface area contributed by atoms with Gasteiger partial charge in [-0.05, 0) is 25.5 Å². The van der Waals surface area contributed by atoms with E-state index >= 15 is 0 Å². The first kappa shape index (κ1) is 16.1. The van der Waals surface area contributed by atoms with E-state index in [1.54, 1.807) is 19.2 Å². The van der Waals surface area contributed by atoms with E-state index in [-0.39, 0.29) is 11.6 Å². The second-order valence-electron chi connectivity index (χ2n) is 4.35. The predicted molar refractivity (Wildman–Crippen MR) is 75.1 cm³/mol. The molecule has 0 saturated heterocycles. The highest BCUT2D eigenvalue weighted by molar-refractivity contribution is 9.10. The summed E-state index contributed by atoms with van der Waals surface area (Å²) in [5.41, 5.74) is 5.59. The van der Waals surface area contributed by atoms with Crippen LogP contribution < -0.4 is 11.1 Å². The van der Waals surface area contributed by atoms with E-state index in [1.165, 1.54) is 6.07 Å². The third kappa shape index (κ3) is 4.89. The molecule has 1 aromatic rings. The lowest BCUT2D eigenvalue weighted by Crippen LogP contribution is -2.39. The molecule has 0 spiro atoms. The zero-order chi connectivity index (χ0) is 14.4. The predicted octanol–water partition coefficient (Wildman–Crippen LogP) is 2.13. The van der Waals surface area contributed by atoms with Crippen molar-refractivity contribution in [1.82, 2.24) is 5.32 Å². The molecule has 4 nitrogen and oxygen atoms in total. The molecule has 0 fully saturated rings. The van der Waals surface area contributed by atoms with Crippen molar-refractivity contribution in [2.75, 3.05) is 13.7 Å². The number of nitrogens with one attached hydrogen (secondary N) is 1. The van der Waals surface area contributed by atoms with Gasteiger partial charge in [0.2, 0.25) is 5.91 Å². The molecule has 1 aromatic carbocycles. The van der Waals surface area contributed by atoms with Crippen LogP contribution >= 0.6 is 15.9 Å². The van der Waals surface area contributed by atoms with Gasteiger partial charge in [-0.1, -0.05) is 22.0 Å². The minimum absolute atomic E-state index is 0.0134. The molecule has 0 aliphatic heterocycles. The number of benzene rings is 1. The van der Waals surface area contributed by atoms with Gasteiger partial charge in [0.25, 0.3) is 0 Å². The Hall–Kier alpha value is -0.980. The summed E-state index contributed by atoms with van der Waals surface area (Å²) in [4.78, 5) is 11.5. The maximum atomic E-state index is 13.9. The topological polar surface area (TPSA) is 64.3 Å². The summed E-state index contributed by atoms with van der Waals surface area (Å²) >= 11 is 3.17. The van der Waals surface area contributed by atoms with Gasteiger partial charge in [0, 0.05) is 29.8 Å². The van der Waals surface area contributed by atoms with Crippen LogP contribution in [0.2, 0.25) is 0 Å². The maximum absolute atomic E-state index is 13.9. The largest absolute Gasteiger partial charge is 0.385 e. The molecule has 0 bridgehead atoms. The smallest absolute Gasteiger partial charge is 0.239 e. The van der Waals surface area contributed by atoms with Crippen molar-refractivity contribution < 1.29 is 13.9 Å². The summed E-state index contributed by atoms with van der Waals surface area (Å²) < 4.78 is 19.4. The lowest BCUT2D eigenvalue weighted by molar-refractivity contribution is -0.120. The number of rotatable bonds is 7. The highest BCUT2D eigenvalue weighted by Gasteiger charge is 2.22. The Kier molecular flexibility index (Phi) is 6.41. The minimum Gasteiger partial charge on any atom is -0.385 e. The van der Waals surface area contributed by atoms with Crippen LogP contribution in [0.25, 0.3) is 0 Å². The van der Waals surface area contributed by atoms with Crippen molar-refractivity contribution in [2.24, 2.45) is 5.73 Å². The van der Waals surface area contributed by atoms with Crippen molar-refractivity contribution in [1.29, 1.82) is 0 Å². The molecule has 1 rings (SSSR count). The van der Waals surface area contributed by atoms with Crippen molar-refractivity contribution in [3.8, 4) is 0 Å². The fourth-order valence-corrected chi connectivity index (χ4v) is 2.06. The molecule has 3 N–H and O–H groups in total. The lowest BCUT2D eigenvalue weighted by Gasteiger charge is -2.21. The average molecular weight is 333 g/mol. The number of methoxy groups -OCH3 is 1. The zero-order valence-electron chi connectivity index (χ0n) is 11.0. The Balaban J connectivity index is 2.85. The van der Waals surface area contributed by atoms with E-state index in [2.05, 4.69) is 21.2 Å². The van der Waals surface area contributed by atoms with Gasteiger partial charge >= 0.3 is 0 Å². The summed E-state index contributed by atoms with van der Waals surface area (Å²) in [7, 11) is 1.60. The summed E-state index contributed by atoms with van der Waals surface area (Å²) in [5.74, 6) is -1.07. The maximum Gasteiger partial charge on any atom is 0.239 e. The summed E-state index contributed by atoms with van der Waals surface area (Å²) in [5, 5.41) is 3.02. The summed E-state index contributed by atoms with van der Waals surface area (Å²) in [6.45, 7) is 2.45. The zero-order valence-corrected chi connectivity index (χ0v) is 12.5. The van der Waals surface area contributed by atoms with Crippen LogP contribution in [0, 0.1) is 5.82 Å². The van der Waals surface area contributed by atoms with Crippen LogP contribution in [0.3, 0.4) is 0 Å². The molecule has 0 saturated carbocycles. The Labute approximate surface area is 120 Å². The van der Waals surface area contributed by atoms with Gasteiger partial charge in [-0.15, -0.1) is 0 Å². The standard InChI is InChI=1S/C13H18BrFN2O2/c1-8(5-6-19-2)17-12(13(16)18)10-4-3-9(14)7-11(10)15/h3-4,7-8,12,17H,5-6H2,1-2H3,(H2,16,18)/t8-,12+/m0/s1. The number of amides is 1. The number of nitrogens with two attached hydrogens (primary N) is 1. The van der Waals surface area contributed by atoms with Crippen molar-refractivity contribution in [2.45, 2.75) is 25.4 Å². The fourth-order valence-electron chi connectivity index (χ4n) is 1.72. The molecule has 2 atom stereocenters. The molecular formula is C13H18BrFN2O2. The molecule has 0 aliphatic rings. The highest BCUT2D eigenvalue weighted by atomic mass is 79.9. The Morgan fingerprint density at radius 1 is 1.58 bits per heavy atom. The van der Waals surface area contributed by atoms with E-state index < -0.39 is 17.8 Å². The Morgan fingerprint density at radius 2 is 2.26 bits per heavy atom. The quantitative estimate of drug-likeness (QED) is 0.803. The van der Waals surface area contributed by atoms with E-state index in [9.17, 15) is 9.18 Å². The minimum atomic E-state index is -0.847. The van der Waals surface area contributed by atoms with Crippen molar-refractivity contribution in [3.63, 3.8) is 0 Å². The lowest BCUT2D eigenvalue weighted by atomic mass is 10.0. The second-order valence-corrected chi connectivity index (χ2v) is 5.27. The highest BCUT2D eigenvalue weighted by Crippen LogP contribution is 2.21. The number of carbonyl (C=O) groups excluding carboxylic acids is 1. The molecule has 6 heteroatoms. The molecule has 0 radical (unpaired) electrons. The average Bonchev–Trinajstić information content (AvgIpc) is 2.34. The van der Waals surface area contributed by atoms with Gasteiger partial charge < -0.3 is 10.5 Å². The number of ether oxygens (including phenoxy) is 1. The van der Waals surface area contributed by atoms with Crippen LogP contribution in [-0.4, -0.2) is 25.7 Å². The van der Waals surface area contributed by atoms with Crippen molar-refractivity contribution in [3.05, 3.63) is 34.1 Å². The number of primary amides is 1.